The number of hydrogen-bond donors (Lipinski definition) is 1. The van der Waals surface area contributed by atoms with Crippen molar-refractivity contribution in [1.29, 1.82) is 0 Å². The summed E-state index contributed by atoms with van der Waals surface area (Å²) < 4.78 is 5.28. The van der Waals surface area contributed by atoms with E-state index in [-0.39, 0.29) is 11.8 Å². The highest BCUT2D eigenvalue weighted by molar-refractivity contribution is 5.98. The Morgan fingerprint density at radius 1 is 1.19 bits per heavy atom. The van der Waals surface area contributed by atoms with Crippen molar-refractivity contribution >= 4 is 11.8 Å². The highest BCUT2D eigenvalue weighted by Gasteiger charge is 2.44. The second-order valence-corrected chi connectivity index (χ2v) is 4.52. The summed E-state index contributed by atoms with van der Waals surface area (Å²) >= 11 is 0. The molecule has 90 valence electrons. The molecule has 0 bridgehead atoms. The number of piperidine rings is 1. The molecule has 0 radical (unpaired) electrons. The first-order valence-corrected chi connectivity index (χ1v) is 5.83. The van der Waals surface area contributed by atoms with Gasteiger partial charge in [0.1, 0.15) is 0 Å². The summed E-state index contributed by atoms with van der Waals surface area (Å²) in [5.74, 6) is -0.132. The fraction of sp³-hybridized carbons (Fsp3) is 0.818. The van der Waals surface area contributed by atoms with E-state index in [1.807, 2.05) is 0 Å². The molecule has 2 heterocycles. The van der Waals surface area contributed by atoms with Crippen LogP contribution in [0.25, 0.3) is 0 Å². The van der Waals surface area contributed by atoms with E-state index >= 15 is 0 Å². The van der Waals surface area contributed by atoms with E-state index in [0.717, 1.165) is 0 Å². The number of carbonyl (C=O) groups is 2. The van der Waals surface area contributed by atoms with Crippen LogP contribution in [0.3, 0.4) is 0 Å². The van der Waals surface area contributed by atoms with Gasteiger partial charge in [0.2, 0.25) is 11.8 Å². The van der Waals surface area contributed by atoms with Crippen molar-refractivity contribution in [1.82, 2.24) is 4.90 Å². The van der Waals surface area contributed by atoms with Gasteiger partial charge < -0.3 is 10.5 Å². The zero-order chi connectivity index (χ0) is 11.6. The molecule has 2 N–H and O–H groups in total. The van der Waals surface area contributed by atoms with Gasteiger partial charge in [0.05, 0.1) is 5.54 Å². The Balaban J connectivity index is 2.23. The van der Waals surface area contributed by atoms with E-state index < -0.39 is 5.54 Å². The summed E-state index contributed by atoms with van der Waals surface area (Å²) in [6.07, 6.45) is 2.94. The number of imide groups is 1. The van der Waals surface area contributed by atoms with Crippen molar-refractivity contribution in [2.75, 3.05) is 19.8 Å². The highest BCUT2D eigenvalue weighted by Crippen LogP contribution is 2.31. The van der Waals surface area contributed by atoms with Crippen LogP contribution in [-0.4, -0.2) is 42.0 Å². The van der Waals surface area contributed by atoms with Crippen LogP contribution >= 0.6 is 0 Å². The van der Waals surface area contributed by atoms with Gasteiger partial charge in [-0.15, -0.1) is 0 Å². The third kappa shape index (κ3) is 1.85. The van der Waals surface area contributed by atoms with Crippen LogP contribution in [0.4, 0.5) is 0 Å². The molecule has 2 aliphatic rings. The van der Waals surface area contributed by atoms with Crippen LogP contribution in [0.1, 0.15) is 32.1 Å². The molecule has 16 heavy (non-hydrogen) atoms. The SMILES string of the molecule is NCC1(N2C(=O)CCCC2=O)CCOCC1. The maximum atomic E-state index is 11.9. The Bertz CT molecular complexity index is 282. The van der Waals surface area contributed by atoms with Crippen molar-refractivity contribution in [3.8, 4) is 0 Å². The molecule has 0 aromatic rings. The average Bonchev–Trinajstić information content (AvgIpc) is 2.30. The number of amides is 2. The summed E-state index contributed by atoms with van der Waals surface area (Å²) in [6.45, 7) is 1.50. The first-order valence-electron chi connectivity index (χ1n) is 5.83. The first kappa shape index (κ1) is 11.5. The van der Waals surface area contributed by atoms with Crippen LogP contribution in [-0.2, 0) is 14.3 Å². The summed E-state index contributed by atoms with van der Waals surface area (Å²) in [7, 11) is 0. The molecule has 5 nitrogen and oxygen atoms in total. The van der Waals surface area contributed by atoms with E-state index in [1.165, 1.54) is 4.90 Å². The number of ether oxygens (including phenoxy) is 1. The topological polar surface area (TPSA) is 72.6 Å². The minimum absolute atomic E-state index is 0.0661. The minimum atomic E-state index is -0.479. The number of hydrogen-bond acceptors (Lipinski definition) is 4. The Morgan fingerprint density at radius 2 is 1.75 bits per heavy atom. The van der Waals surface area contributed by atoms with Gasteiger partial charge in [0.25, 0.3) is 0 Å². The molecule has 0 spiro atoms. The Labute approximate surface area is 94.9 Å². The van der Waals surface area contributed by atoms with E-state index in [0.29, 0.717) is 51.9 Å². The molecule has 2 rings (SSSR count). The van der Waals surface area contributed by atoms with Crippen LogP contribution in [0.2, 0.25) is 0 Å². The molecular weight excluding hydrogens is 208 g/mol. The van der Waals surface area contributed by atoms with Crippen LogP contribution in [0.5, 0.6) is 0 Å². The van der Waals surface area contributed by atoms with Crippen molar-refractivity contribution in [3.63, 3.8) is 0 Å². The van der Waals surface area contributed by atoms with Gasteiger partial charge in [-0.1, -0.05) is 0 Å². The fourth-order valence-corrected chi connectivity index (χ4v) is 2.55. The monoisotopic (exact) mass is 226 g/mol. The van der Waals surface area contributed by atoms with Gasteiger partial charge in [-0.3, -0.25) is 14.5 Å². The third-order valence-corrected chi connectivity index (χ3v) is 3.56. The van der Waals surface area contributed by atoms with Crippen LogP contribution < -0.4 is 5.73 Å². The highest BCUT2D eigenvalue weighted by atomic mass is 16.5. The van der Waals surface area contributed by atoms with Gasteiger partial charge in [-0.05, 0) is 19.3 Å². The standard InChI is InChI=1S/C11H18N2O3/c12-8-11(4-6-16-7-5-11)13-9(14)2-1-3-10(13)15/h1-8,12H2. The maximum absolute atomic E-state index is 11.9. The molecule has 0 aliphatic carbocycles. The lowest BCUT2D eigenvalue weighted by Gasteiger charge is -2.45. The molecule has 0 aromatic carbocycles. The predicted molar refractivity (Wildman–Crippen MR) is 57.5 cm³/mol. The minimum Gasteiger partial charge on any atom is -0.381 e. The molecule has 5 heteroatoms. The van der Waals surface area contributed by atoms with Gasteiger partial charge in [-0.2, -0.15) is 0 Å². The maximum Gasteiger partial charge on any atom is 0.229 e. The van der Waals surface area contributed by atoms with E-state index in [9.17, 15) is 9.59 Å². The van der Waals surface area contributed by atoms with Gasteiger partial charge in [0, 0.05) is 32.6 Å². The van der Waals surface area contributed by atoms with Gasteiger partial charge in [0.15, 0.2) is 0 Å². The lowest BCUT2D eigenvalue weighted by Crippen LogP contribution is -2.62. The Morgan fingerprint density at radius 3 is 2.25 bits per heavy atom. The van der Waals surface area contributed by atoms with E-state index in [4.69, 9.17) is 10.5 Å². The number of carbonyl (C=O) groups excluding carboxylic acids is 2. The van der Waals surface area contributed by atoms with Crippen LogP contribution in [0, 0.1) is 0 Å². The largest absolute Gasteiger partial charge is 0.381 e. The second kappa shape index (κ2) is 4.51. The normalized spacial score (nSPS) is 25.9. The molecule has 0 atom stereocenters. The number of rotatable bonds is 2. The summed E-state index contributed by atoms with van der Waals surface area (Å²) in [4.78, 5) is 25.2. The number of nitrogens with two attached hydrogens (primary N) is 1. The zero-order valence-electron chi connectivity index (χ0n) is 9.41. The van der Waals surface area contributed by atoms with Crippen molar-refractivity contribution in [3.05, 3.63) is 0 Å². The third-order valence-electron chi connectivity index (χ3n) is 3.56. The van der Waals surface area contributed by atoms with Gasteiger partial charge >= 0.3 is 0 Å². The number of nitrogens with zero attached hydrogens (tertiary/aromatic N) is 1. The van der Waals surface area contributed by atoms with Crippen LogP contribution in [0.15, 0.2) is 0 Å². The predicted octanol–water partition coefficient (Wildman–Crippen LogP) is 0.0334. The quantitative estimate of drug-likeness (QED) is 0.674. The second-order valence-electron chi connectivity index (χ2n) is 4.52. The molecule has 0 unspecified atom stereocenters. The smallest absolute Gasteiger partial charge is 0.229 e. The first-order chi connectivity index (χ1) is 7.69. The van der Waals surface area contributed by atoms with E-state index in [2.05, 4.69) is 0 Å². The zero-order valence-corrected chi connectivity index (χ0v) is 9.41. The molecule has 0 aromatic heterocycles. The van der Waals surface area contributed by atoms with Crippen molar-refractivity contribution < 1.29 is 14.3 Å². The average molecular weight is 226 g/mol. The molecule has 2 saturated heterocycles. The lowest BCUT2D eigenvalue weighted by atomic mass is 9.86. The lowest BCUT2D eigenvalue weighted by molar-refractivity contribution is -0.159. The van der Waals surface area contributed by atoms with E-state index in [1.54, 1.807) is 0 Å². The Hall–Kier alpha value is -0.940. The number of likely N-dealkylation sites (tertiary alicyclic amines) is 1. The summed E-state index contributed by atoms with van der Waals surface area (Å²) in [5, 5.41) is 0. The van der Waals surface area contributed by atoms with Gasteiger partial charge in [-0.25, -0.2) is 0 Å². The molecule has 2 amide bonds. The fourth-order valence-electron chi connectivity index (χ4n) is 2.55. The summed E-state index contributed by atoms with van der Waals surface area (Å²) in [5.41, 5.74) is 5.31. The molecule has 2 aliphatic heterocycles. The Kier molecular flexibility index (Phi) is 3.25. The summed E-state index contributed by atoms with van der Waals surface area (Å²) in [6, 6.07) is 0. The molecular formula is C11H18N2O3. The molecule has 0 saturated carbocycles. The van der Waals surface area contributed by atoms with Crippen molar-refractivity contribution in [2.24, 2.45) is 5.73 Å². The van der Waals surface area contributed by atoms with Crippen molar-refractivity contribution in [2.45, 2.75) is 37.6 Å². The molecule has 2 fully saturated rings.